The van der Waals surface area contributed by atoms with Gasteiger partial charge in [-0.25, -0.2) is 4.98 Å². The molecule has 1 aromatic heterocycles. The van der Waals surface area contributed by atoms with Crippen LogP contribution in [0, 0.1) is 0 Å². The number of rotatable bonds is 8. The lowest BCUT2D eigenvalue weighted by molar-refractivity contribution is -0.139. The maximum atomic E-state index is 13.0. The number of benzene rings is 2. The third-order valence-corrected chi connectivity index (χ3v) is 5.13. The van der Waals surface area contributed by atoms with Crippen LogP contribution in [-0.4, -0.2) is 23.5 Å². The Bertz CT molecular complexity index is 974. The second kappa shape index (κ2) is 9.75. The molecule has 1 atom stereocenters. The van der Waals surface area contributed by atoms with Crippen molar-refractivity contribution in [1.29, 1.82) is 0 Å². The number of alkyl halides is 3. The fraction of sp³-hybridized carbons (Fsp3) is 0.273. The third-order valence-electron chi connectivity index (χ3n) is 4.23. The number of carbonyl (C=O) groups is 1. The van der Waals surface area contributed by atoms with Crippen LogP contribution in [0.4, 0.5) is 13.2 Å². The molecule has 0 saturated carbocycles. The molecule has 1 unspecified atom stereocenters. The Balaban J connectivity index is 1.49. The summed E-state index contributed by atoms with van der Waals surface area (Å²) in [6.45, 7) is 1.60. The lowest BCUT2D eigenvalue weighted by Gasteiger charge is -2.17. The summed E-state index contributed by atoms with van der Waals surface area (Å²) in [4.78, 5) is 16.7. The minimum absolute atomic E-state index is 0.0743. The Morgan fingerprint density at radius 3 is 2.57 bits per heavy atom. The number of thiazole rings is 1. The molecule has 1 amide bonds. The second-order valence-corrected chi connectivity index (χ2v) is 7.79. The number of hydrogen-bond acceptors (Lipinski definition) is 4. The minimum Gasteiger partial charge on any atom is -0.491 e. The average Bonchev–Trinajstić information content (AvgIpc) is 3.13. The van der Waals surface area contributed by atoms with Crippen LogP contribution in [0.5, 0.6) is 5.75 Å². The summed E-state index contributed by atoms with van der Waals surface area (Å²) < 4.78 is 44.3. The molecule has 2 aromatic carbocycles. The zero-order valence-electron chi connectivity index (χ0n) is 16.3. The van der Waals surface area contributed by atoms with Crippen molar-refractivity contribution in [3.8, 4) is 5.75 Å². The number of nitrogens with zero attached hydrogens (tertiary/aromatic N) is 1. The quantitative estimate of drug-likeness (QED) is 0.550. The summed E-state index contributed by atoms with van der Waals surface area (Å²) in [5.74, 6) is -0.511. The van der Waals surface area contributed by atoms with E-state index in [2.05, 4.69) is 10.3 Å². The molecule has 0 aliphatic rings. The topological polar surface area (TPSA) is 51.2 Å². The number of carbonyl (C=O) groups excluding carboxylic acids is 1. The zero-order valence-corrected chi connectivity index (χ0v) is 17.1. The van der Waals surface area contributed by atoms with Crippen molar-refractivity contribution in [3.05, 3.63) is 81.8 Å². The number of aromatic nitrogens is 1. The summed E-state index contributed by atoms with van der Waals surface area (Å²) in [5.41, 5.74) is 0.976. The summed E-state index contributed by atoms with van der Waals surface area (Å²) >= 11 is 1.49. The fourth-order valence-electron chi connectivity index (χ4n) is 2.86. The van der Waals surface area contributed by atoms with Gasteiger partial charge in [-0.2, -0.15) is 13.2 Å². The third kappa shape index (κ3) is 6.32. The van der Waals surface area contributed by atoms with E-state index in [0.717, 1.165) is 16.6 Å². The molecule has 0 bridgehead atoms. The highest BCUT2D eigenvalue weighted by Gasteiger charge is 2.34. The van der Waals surface area contributed by atoms with Gasteiger partial charge in [-0.1, -0.05) is 42.5 Å². The van der Waals surface area contributed by atoms with Gasteiger partial charge in [0.15, 0.2) is 0 Å². The van der Waals surface area contributed by atoms with Crippen molar-refractivity contribution in [3.63, 3.8) is 0 Å². The van der Waals surface area contributed by atoms with E-state index in [1.165, 1.54) is 29.5 Å². The maximum Gasteiger partial charge on any atom is 0.419 e. The van der Waals surface area contributed by atoms with E-state index in [1.807, 2.05) is 35.7 Å². The van der Waals surface area contributed by atoms with Gasteiger partial charge in [0, 0.05) is 11.8 Å². The first-order chi connectivity index (χ1) is 14.3. The van der Waals surface area contributed by atoms with Crippen LogP contribution in [0.3, 0.4) is 0 Å². The molecule has 1 heterocycles. The van der Waals surface area contributed by atoms with Crippen LogP contribution in [0.1, 0.15) is 28.8 Å². The summed E-state index contributed by atoms with van der Waals surface area (Å²) in [7, 11) is 0. The molecule has 0 aliphatic heterocycles. The Morgan fingerprint density at radius 1 is 1.13 bits per heavy atom. The Labute approximate surface area is 176 Å². The molecule has 0 spiro atoms. The molecular weight excluding hydrogens is 413 g/mol. The Morgan fingerprint density at radius 2 is 1.83 bits per heavy atom. The summed E-state index contributed by atoms with van der Waals surface area (Å²) in [6, 6.07) is 14.5. The fourth-order valence-corrected chi connectivity index (χ4v) is 3.68. The molecule has 0 aliphatic carbocycles. The molecule has 3 rings (SSSR count). The number of nitrogens with one attached hydrogen (secondary N) is 1. The highest BCUT2D eigenvalue weighted by atomic mass is 32.1. The molecule has 4 nitrogen and oxygen atoms in total. The predicted molar refractivity (Wildman–Crippen MR) is 110 cm³/mol. The van der Waals surface area contributed by atoms with Crippen LogP contribution in [0.25, 0.3) is 0 Å². The van der Waals surface area contributed by atoms with E-state index in [-0.39, 0.29) is 24.7 Å². The maximum absolute atomic E-state index is 13.0. The lowest BCUT2D eigenvalue weighted by Crippen LogP contribution is -2.37. The number of amides is 1. The Hall–Kier alpha value is -2.87. The van der Waals surface area contributed by atoms with Crippen LogP contribution < -0.4 is 10.1 Å². The molecule has 0 radical (unpaired) electrons. The van der Waals surface area contributed by atoms with E-state index in [4.69, 9.17) is 4.74 Å². The van der Waals surface area contributed by atoms with Gasteiger partial charge in [0.05, 0.1) is 28.7 Å². The van der Waals surface area contributed by atoms with Gasteiger partial charge in [-0.15, -0.1) is 11.3 Å². The number of para-hydroxylation sites is 1. The second-order valence-electron chi connectivity index (χ2n) is 6.85. The normalized spacial score (nSPS) is 12.4. The molecular formula is C22H21F3N2O2S. The van der Waals surface area contributed by atoms with E-state index < -0.39 is 17.8 Å². The van der Waals surface area contributed by atoms with Crippen molar-refractivity contribution in [1.82, 2.24) is 10.3 Å². The first-order valence-electron chi connectivity index (χ1n) is 9.37. The van der Waals surface area contributed by atoms with Gasteiger partial charge in [0.2, 0.25) is 5.91 Å². The van der Waals surface area contributed by atoms with E-state index in [9.17, 15) is 18.0 Å². The van der Waals surface area contributed by atoms with Crippen LogP contribution in [0.2, 0.25) is 0 Å². The molecule has 158 valence electrons. The highest BCUT2D eigenvalue weighted by Crippen LogP contribution is 2.35. The largest absolute Gasteiger partial charge is 0.491 e. The van der Waals surface area contributed by atoms with Crippen LogP contribution >= 0.6 is 11.3 Å². The van der Waals surface area contributed by atoms with E-state index >= 15 is 0 Å². The number of halogens is 3. The minimum atomic E-state index is -4.49. The summed E-state index contributed by atoms with van der Waals surface area (Å²) in [5, 5.41) is 5.50. The molecule has 8 heteroatoms. The first-order valence-corrected chi connectivity index (χ1v) is 10.2. The number of hydrogen-bond donors (Lipinski definition) is 1. The molecule has 0 fully saturated rings. The van der Waals surface area contributed by atoms with Crippen LogP contribution in [0.15, 0.2) is 60.0 Å². The smallest absolute Gasteiger partial charge is 0.419 e. The standard InChI is InChI=1S/C22H21F3N2O2S/c1-15(13-29-19-10-6-5-9-18(19)22(23,24)25)26-20(28)12-17-14-30-21(27-17)11-16-7-3-2-4-8-16/h2-10,14-15H,11-13H2,1H3,(H,26,28). The highest BCUT2D eigenvalue weighted by molar-refractivity contribution is 7.09. The predicted octanol–water partition coefficient (Wildman–Crippen LogP) is 4.88. The molecule has 30 heavy (non-hydrogen) atoms. The van der Waals surface area contributed by atoms with Crippen molar-refractivity contribution < 1.29 is 22.7 Å². The van der Waals surface area contributed by atoms with Gasteiger partial charge in [-0.05, 0) is 24.6 Å². The molecule has 3 aromatic rings. The van der Waals surface area contributed by atoms with Gasteiger partial charge < -0.3 is 10.1 Å². The monoisotopic (exact) mass is 434 g/mol. The average molecular weight is 434 g/mol. The SMILES string of the molecule is CC(COc1ccccc1C(F)(F)F)NC(=O)Cc1csc(Cc2ccccc2)n1. The Kier molecular flexibility index (Phi) is 7.10. The van der Waals surface area contributed by atoms with Crippen molar-refractivity contribution in [2.75, 3.05) is 6.61 Å². The van der Waals surface area contributed by atoms with Crippen molar-refractivity contribution in [2.24, 2.45) is 0 Å². The van der Waals surface area contributed by atoms with Gasteiger partial charge in [0.25, 0.3) is 0 Å². The zero-order chi connectivity index (χ0) is 21.6. The number of ether oxygens (including phenoxy) is 1. The van der Waals surface area contributed by atoms with Gasteiger partial charge in [-0.3, -0.25) is 4.79 Å². The van der Waals surface area contributed by atoms with Crippen molar-refractivity contribution >= 4 is 17.2 Å². The van der Waals surface area contributed by atoms with Crippen molar-refractivity contribution in [2.45, 2.75) is 32.0 Å². The molecule has 1 N–H and O–H groups in total. The van der Waals surface area contributed by atoms with Crippen LogP contribution in [-0.2, 0) is 23.8 Å². The lowest BCUT2D eigenvalue weighted by atomic mass is 10.2. The van der Waals surface area contributed by atoms with E-state index in [0.29, 0.717) is 12.1 Å². The van der Waals surface area contributed by atoms with Gasteiger partial charge >= 0.3 is 6.18 Å². The van der Waals surface area contributed by atoms with E-state index in [1.54, 1.807) is 6.92 Å². The van der Waals surface area contributed by atoms with Gasteiger partial charge in [0.1, 0.15) is 12.4 Å². The first kappa shape index (κ1) is 21.8. The summed E-state index contributed by atoms with van der Waals surface area (Å²) in [6.07, 6.45) is -3.68. The molecule has 0 saturated heterocycles.